The van der Waals surface area contributed by atoms with Gasteiger partial charge in [-0.15, -0.1) is 11.3 Å². The second kappa shape index (κ2) is 3.45. The van der Waals surface area contributed by atoms with Gasteiger partial charge in [-0.3, -0.25) is 0 Å². The van der Waals surface area contributed by atoms with E-state index in [1.807, 2.05) is 35.7 Å². The Hall–Kier alpha value is -1.55. The fourth-order valence-corrected chi connectivity index (χ4v) is 1.61. The average molecular weight is 191 g/mol. The van der Waals surface area contributed by atoms with Crippen LogP contribution in [0.3, 0.4) is 0 Å². The average Bonchev–Trinajstić information content (AvgIpc) is 2.53. The molecule has 0 aliphatic heterocycles. The van der Waals surface area contributed by atoms with Crippen molar-refractivity contribution in [1.82, 2.24) is 4.98 Å². The van der Waals surface area contributed by atoms with Crippen molar-refractivity contribution >= 4 is 28.0 Å². The van der Waals surface area contributed by atoms with Gasteiger partial charge in [0.05, 0.1) is 0 Å². The third kappa shape index (κ3) is 1.97. The van der Waals surface area contributed by atoms with Gasteiger partial charge in [0.1, 0.15) is 5.82 Å². The minimum Gasteiger partial charge on any atom is -0.383 e. The standard InChI is InChI=1S/C9H9N3S/c10-8-6-13-9(12-8)11-7-4-2-1-3-5-7/h1-6H,10H2,(H,11,12). The van der Waals surface area contributed by atoms with Crippen LogP contribution >= 0.6 is 11.3 Å². The number of hydrogen-bond donors (Lipinski definition) is 2. The summed E-state index contributed by atoms with van der Waals surface area (Å²) in [7, 11) is 0. The van der Waals surface area contributed by atoms with E-state index >= 15 is 0 Å². The van der Waals surface area contributed by atoms with Crippen LogP contribution < -0.4 is 11.1 Å². The SMILES string of the molecule is Nc1csc(Nc2ccccc2)n1. The molecule has 2 rings (SSSR count). The Bertz CT molecular complexity index is 383. The van der Waals surface area contributed by atoms with E-state index in [2.05, 4.69) is 10.3 Å². The molecule has 0 fully saturated rings. The van der Waals surface area contributed by atoms with E-state index in [0.29, 0.717) is 5.82 Å². The molecule has 0 amide bonds. The molecular weight excluding hydrogens is 182 g/mol. The van der Waals surface area contributed by atoms with Crippen LogP contribution in [0.2, 0.25) is 0 Å². The first-order valence-corrected chi connectivity index (χ1v) is 4.75. The van der Waals surface area contributed by atoms with Gasteiger partial charge in [0.15, 0.2) is 5.13 Å². The van der Waals surface area contributed by atoms with Crippen LogP contribution in [0.1, 0.15) is 0 Å². The first kappa shape index (κ1) is 8.07. The Labute approximate surface area is 80.2 Å². The number of benzene rings is 1. The van der Waals surface area contributed by atoms with Crippen LogP contribution in [0.4, 0.5) is 16.6 Å². The summed E-state index contributed by atoms with van der Waals surface area (Å²) in [5.41, 5.74) is 6.52. The van der Waals surface area contributed by atoms with Crippen molar-refractivity contribution < 1.29 is 0 Å². The monoisotopic (exact) mass is 191 g/mol. The molecule has 0 spiro atoms. The van der Waals surface area contributed by atoms with Crippen LogP contribution in [-0.4, -0.2) is 4.98 Å². The molecule has 3 nitrogen and oxygen atoms in total. The predicted molar refractivity (Wildman–Crippen MR) is 56.3 cm³/mol. The van der Waals surface area contributed by atoms with Crippen LogP contribution in [0.25, 0.3) is 0 Å². The largest absolute Gasteiger partial charge is 0.383 e. The molecule has 0 saturated heterocycles. The number of nitrogens with one attached hydrogen (secondary N) is 1. The molecule has 13 heavy (non-hydrogen) atoms. The van der Waals surface area contributed by atoms with E-state index in [4.69, 9.17) is 5.73 Å². The first-order valence-electron chi connectivity index (χ1n) is 3.88. The summed E-state index contributed by atoms with van der Waals surface area (Å²) >= 11 is 1.50. The molecule has 66 valence electrons. The Morgan fingerprint density at radius 1 is 1.23 bits per heavy atom. The Morgan fingerprint density at radius 3 is 2.62 bits per heavy atom. The highest BCUT2D eigenvalue weighted by atomic mass is 32.1. The molecule has 3 N–H and O–H groups in total. The molecular formula is C9H9N3S. The normalized spacial score (nSPS) is 9.85. The molecule has 1 aromatic carbocycles. The van der Waals surface area contributed by atoms with E-state index in [1.54, 1.807) is 0 Å². The smallest absolute Gasteiger partial charge is 0.189 e. The molecule has 0 aliphatic rings. The summed E-state index contributed by atoms with van der Waals surface area (Å²) in [6, 6.07) is 9.88. The highest BCUT2D eigenvalue weighted by Crippen LogP contribution is 2.21. The number of rotatable bonds is 2. The molecule has 2 aromatic rings. The summed E-state index contributed by atoms with van der Waals surface area (Å²) in [6.45, 7) is 0. The molecule has 0 radical (unpaired) electrons. The topological polar surface area (TPSA) is 50.9 Å². The molecule has 1 heterocycles. The lowest BCUT2D eigenvalue weighted by Gasteiger charge is -1.99. The maximum atomic E-state index is 5.49. The number of hydrogen-bond acceptors (Lipinski definition) is 4. The highest BCUT2D eigenvalue weighted by Gasteiger charge is 1.97. The van der Waals surface area contributed by atoms with Crippen LogP contribution in [0.15, 0.2) is 35.7 Å². The summed E-state index contributed by atoms with van der Waals surface area (Å²) in [6.07, 6.45) is 0. The summed E-state index contributed by atoms with van der Waals surface area (Å²) in [4.78, 5) is 4.09. The van der Waals surface area contributed by atoms with Gasteiger partial charge in [-0.1, -0.05) is 18.2 Å². The maximum absolute atomic E-state index is 5.49. The van der Waals surface area contributed by atoms with Crippen molar-refractivity contribution in [3.63, 3.8) is 0 Å². The minimum atomic E-state index is 0.559. The van der Waals surface area contributed by atoms with Gasteiger partial charge < -0.3 is 11.1 Å². The third-order valence-corrected chi connectivity index (χ3v) is 2.32. The van der Waals surface area contributed by atoms with Gasteiger partial charge >= 0.3 is 0 Å². The second-order valence-electron chi connectivity index (χ2n) is 2.57. The Balaban J connectivity index is 2.15. The number of nitrogen functional groups attached to an aromatic ring is 1. The minimum absolute atomic E-state index is 0.559. The van der Waals surface area contributed by atoms with Crippen LogP contribution in [0.5, 0.6) is 0 Å². The lowest BCUT2D eigenvalue weighted by molar-refractivity contribution is 1.39. The van der Waals surface area contributed by atoms with Crippen molar-refractivity contribution in [2.75, 3.05) is 11.1 Å². The van der Waals surface area contributed by atoms with Crippen molar-refractivity contribution in [2.24, 2.45) is 0 Å². The van der Waals surface area contributed by atoms with E-state index in [0.717, 1.165) is 10.8 Å². The number of thiazole rings is 1. The molecule has 4 heteroatoms. The Morgan fingerprint density at radius 2 is 2.00 bits per heavy atom. The van der Waals surface area contributed by atoms with Crippen molar-refractivity contribution in [3.8, 4) is 0 Å². The fourth-order valence-electron chi connectivity index (χ4n) is 0.989. The van der Waals surface area contributed by atoms with E-state index in [9.17, 15) is 0 Å². The number of anilines is 3. The van der Waals surface area contributed by atoms with Crippen molar-refractivity contribution in [2.45, 2.75) is 0 Å². The van der Waals surface area contributed by atoms with Gasteiger partial charge in [0.25, 0.3) is 0 Å². The highest BCUT2D eigenvalue weighted by molar-refractivity contribution is 7.14. The van der Waals surface area contributed by atoms with Gasteiger partial charge in [0, 0.05) is 11.1 Å². The lowest BCUT2D eigenvalue weighted by Crippen LogP contribution is -1.89. The van der Waals surface area contributed by atoms with Crippen LogP contribution in [-0.2, 0) is 0 Å². The zero-order valence-corrected chi connectivity index (χ0v) is 7.71. The van der Waals surface area contributed by atoms with Crippen molar-refractivity contribution in [3.05, 3.63) is 35.7 Å². The number of nitrogens with zero attached hydrogens (tertiary/aromatic N) is 1. The van der Waals surface area contributed by atoms with E-state index in [-0.39, 0.29) is 0 Å². The van der Waals surface area contributed by atoms with Gasteiger partial charge in [0.2, 0.25) is 0 Å². The molecule has 0 atom stereocenters. The predicted octanol–water partition coefficient (Wildman–Crippen LogP) is 2.47. The zero-order valence-electron chi connectivity index (χ0n) is 6.90. The number of para-hydroxylation sites is 1. The number of nitrogens with two attached hydrogens (primary N) is 1. The van der Waals surface area contributed by atoms with Crippen LogP contribution in [0, 0.1) is 0 Å². The van der Waals surface area contributed by atoms with E-state index < -0.39 is 0 Å². The summed E-state index contributed by atoms with van der Waals surface area (Å²) < 4.78 is 0. The van der Waals surface area contributed by atoms with Gasteiger partial charge in [-0.2, -0.15) is 0 Å². The van der Waals surface area contributed by atoms with Gasteiger partial charge in [-0.05, 0) is 12.1 Å². The molecule has 1 aromatic heterocycles. The van der Waals surface area contributed by atoms with E-state index in [1.165, 1.54) is 11.3 Å². The molecule has 0 saturated carbocycles. The summed E-state index contributed by atoms with van der Waals surface area (Å²) in [5.74, 6) is 0.559. The second-order valence-corrected chi connectivity index (χ2v) is 3.43. The molecule has 0 unspecified atom stereocenters. The Kier molecular flexibility index (Phi) is 2.14. The van der Waals surface area contributed by atoms with Crippen molar-refractivity contribution in [1.29, 1.82) is 0 Å². The quantitative estimate of drug-likeness (QED) is 0.766. The van der Waals surface area contributed by atoms with Gasteiger partial charge in [-0.25, -0.2) is 4.98 Å². The maximum Gasteiger partial charge on any atom is 0.189 e. The first-order chi connectivity index (χ1) is 6.34. The number of aromatic nitrogens is 1. The third-order valence-electron chi connectivity index (χ3n) is 1.55. The molecule has 0 bridgehead atoms. The fraction of sp³-hybridized carbons (Fsp3) is 0. The summed E-state index contributed by atoms with van der Waals surface area (Å²) in [5, 5.41) is 5.79. The lowest BCUT2D eigenvalue weighted by atomic mass is 10.3. The zero-order chi connectivity index (χ0) is 9.10. The molecule has 0 aliphatic carbocycles.